The molecule has 2 fully saturated rings. The lowest BCUT2D eigenvalue weighted by atomic mass is 9.77. The van der Waals surface area contributed by atoms with E-state index in [0.717, 1.165) is 12.3 Å². The molecule has 0 radical (unpaired) electrons. The summed E-state index contributed by atoms with van der Waals surface area (Å²) in [4.78, 5) is 14.9. The Kier molecular flexibility index (Phi) is 4.54. The van der Waals surface area contributed by atoms with E-state index in [-0.39, 0.29) is 12.2 Å². The van der Waals surface area contributed by atoms with Crippen molar-refractivity contribution in [2.75, 3.05) is 0 Å². The summed E-state index contributed by atoms with van der Waals surface area (Å²) in [6.07, 6.45) is 4.89. The van der Waals surface area contributed by atoms with Gasteiger partial charge in [0.25, 0.3) is 0 Å². The molecule has 0 aromatic rings. The van der Waals surface area contributed by atoms with Gasteiger partial charge in [-0.1, -0.05) is 47.5 Å². The van der Waals surface area contributed by atoms with E-state index in [1.54, 1.807) is 0 Å². The molecule has 0 bridgehead atoms. The number of hydrogen-bond donors (Lipinski definition) is 1. The van der Waals surface area contributed by atoms with Gasteiger partial charge in [0, 0.05) is 6.04 Å². The van der Waals surface area contributed by atoms with Crippen LogP contribution < -0.4 is 5.32 Å². The minimum Gasteiger partial charge on any atom is -0.322 e. The van der Waals surface area contributed by atoms with Gasteiger partial charge in [-0.2, -0.15) is 0 Å². The maximum atomic E-state index is 12.7. The highest BCUT2D eigenvalue weighted by atomic mass is 16.2. The molecule has 110 valence electrons. The molecule has 1 saturated heterocycles. The second-order valence-corrected chi connectivity index (χ2v) is 6.90. The van der Waals surface area contributed by atoms with Crippen LogP contribution in [0.3, 0.4) is 0 Å². The first kappa shape index (κ1) is 14.8. The first-order chi connectivity index (χ1) is 8.97. The van der Waals surface area contributed by atoms with Crippen LogP contribution in [0.1, 0.15) is 60.3 Å². The molecule has 2 rings (SSSR count). The van der Waals surface area contributed by atoms with E-state index in [2.05, 4.69) is 44.8 Å². The average molecular weight is 266 g/mol. The van der Waals surface area contributed by atoms with Gasteiger partial charge in [-0.15, -0.1) is 0 Å². The molecule has 1 aliphatic carbocycles. The van der Waals surface area contributed by atoms with Crippen molar-refractivity contribution < 1.29 is 4.79 Å². The maximum absolute atomic E-state index is 12.7. The molecule has 1 N–H and O–H groups in total. The van der Waals surface area contributed by atoms with Crippen molar-refractivity contribution in [1.29, 1.82) is 0 Å². The fourth-order valence-electron chi connectivity index (χ4n) is 3.80. The van der Waals surface area contributed by atoms with E-state index in [1.165, 1.54) is 19.3 Å². The molecule has 1 saturated carbocycles. The number of amides is 1. The highest BCUT2D eigenvalue weighted by Gasteiger charge is 2.45. The summed E-state index contributed by atoms with van der Waals surface area (Å²) in [5.41, 5.74) is 0. The van der Waals surface area contributed by atoms with Crippen LogP contribution in [0, 0.1) is 17.8 Å². The van der Waals surface area contributed by atoms with Crippen LogP contribution in [0.2, 0.25) is 0 Å². The predicted octanol–water partition coefficient (Wildman–Crippen LogP) is 3.00. The van der Waals surface area contributed by atoms with Crippen LogP contribution in [-0.2, 0) is 4.79 Å². The van der Waals surface area contributed by atoms with E-state index in [1.807, 2.05) is 0 Å². The number of nitrogens with zero attached hydrogens (tertiary/aromatic N) is 1. The van der Waals surface area contributed by atoms with Crippen LogP contribution in [0.15, 0.2) is 0 Å². The lowest BCUT2D eigenvalue weighted by molar-refractivity contribution is -0.135. The summed E-state index contributed by atoms with van der Waals surface area (Å²) in [6, 6.07) is 0.476. The van der Waals surface area contributed by atoms with Gasteiger partial charge in [0.15, 0.2) is 0 Å². The zero-order valence-electron chi connectivity index (χ0n) is 13.1. The number of nitrogens with one attached hydrogen (secondary N) is 1. The van der Waals surface area contributed by atoms with Crippen LogP contribution in [-0.4, -0.2) is 29.1 Å². The number of rotatable bonds is 3. The zero-order chi connectivity index (χ0) is 14.2. The van der Waals surface area contributed by atoms with Crippen molar-refractivity contribution in [3.63, 3.8) is 0 Å². The van der Waals surface area contributed by atoms with E-state index in [0.29, 0.717) is 23.8 Å². The standard InChI is InChI=1S/C16H30N2O/c1-6-13-16(19)18(15(17-13)10(2)3)14-9-7-8-11(4)12(14)5/h10-15,17H,6-9H2,1-5H3. The number of carbonyl (C=O) groups is 1. The molecule has 3 heteroatoms. The highest BCUT2D eigenvalue weighted by Crippen LogP contribution is 2.36. The second kappa shape index (κ2) is 5.82. The van der Waals surface area contributed by atoms with Gasteiger partial charge >= 0.3 is 0 Å². The average Bonchev–Trinajstić information content (AvgIpc) is 2.70. The molecule has 19 heavy (non-hydrogen) atoms. The van der Waals surface area contributed by atoms with Crippen LogP contribution >= 0.6 is 0 Å². The van der Waals surface area contributed by atoms with Gasteiger partial charge in [0.2, 0.25) is 5.91 Å². The quantitative estimate of drug-likeness (QED) is 0.851. The van der Waals surface area contributed by atoms with Crippen molar-refractivity contribution in [1.82, 2.24) is 10.2 Å². The fraction of sp³-hybridized carbons (Fsp3) is 0.938. The summed E-state index contributed by atoms with van der Waals surface area (Å²) in [5, 5.41) is 3.55. The Labute approximate surface area is 118 Å². The Morgan fingerprint density at radius 1 is 1.32 bits per heavy atom. The van der Waals surface area contributed by atoms with Crippen LogP contribution in [0.4, 0.5) is 0 Å². The molecular weight excluding hydrogens is 236 g/mol. The van der Waals surface area contributed by atoms with Gasteiger partial charge < -0.3 is 4.90 Å². The highest BCUT2D eigenvalue weighted by molar-refractivity contribution is 5.84. The summed E-state index contributed by atoms with van der Waals surface area (Å²) < 4.78 is 0. The number of carbonyl (C=O) groups excluding carboxylic acids is 1. The van der Waals surface area contributed by atoms with Gasteiger partial charge in [0.05, 0.1) is 12.2 Å². The predicted molar refractivity (Wildman–Crippen MR) is 78.7 cm³/mol. The molecular formula is C16H30N2O. The fourth-order valence-corrected chi connectivity index (χ4v) is 3.80. The van der Waals surface area contributed by atoms with Gasteiger partial charge in [0.1, 0.15) is 0 Å². The topological polar surface area (TPSA) is 32.3 Å². The van der Waals surface area contributed by atoms with Crippen LogP contribution in [0.5, 0.6) is 0 Å². The minimum atomic E-state index is 0.0387. The van der Waals surface area contributed by atoms with Crippen molar-refractivity contribution >= 4 is 5.91 Å². The molecule has 1 amide bonds. The maximum Gasteiger partial charge on any atom is 0.241 e. The van der Waals surface area contributed by atoms with E-state index in [4.69, 9.17) is 0 Å². The molecule has 2 aliphatic rings. The molecule has 5 atom stereocenters. The van der Waals surface area contributed by atoms with Crippen molar-refractivity contribution in [3.8, 4) is 0 Å². The monoisotopic (exact) mass is 266 g/mol. The number of hydrogen-bond acceptors (Lipinski definition) is 2. The Morgan fingerprint density at radius 3 is 2.58 bits per heavy atom. The first-order valence-electron chi connectivity index (χ1n) is 8.05. The Morgan fingerprint density at radius 2 is 2.00 bits per heavy atom. The van der Waals surface area contributed by atoms with Crippen molar-refractivity contribution in [2.45, 2.75) is 78.6 Å². The summed E-state index contributed by atoms with van der Waals surface area (Å²) >= 11 is 0. The van der Waals surface area contributed by atoms with E-state index >= 15 is 0 Å². The Balaban J connectivity index is 2.21. The largest absolute Gasteiger partial charge is 0.322 e. The third-order valence-corrected chi connectivity index (χ3v) is 5.29. The van der Waals surface area contributed by atoms with Gasteiger partial charge in [-0.05, 0) is 30.6 Å². The van der Waals surface area contributed by atoms with E-state index in [9.17, 15) is 4.79 Å². The summed E-state index contributed by atoms with van der Waals surface area (Å²) in [5.74, 6) is 2.17. The molecule has 1 aliphatic heterocycles. The van der Waals surface area contributed by atoms with Crippen LogP contribution in [0.25, 0.3) is 0 Å². The molecule has 0 aromatic heterocycles. The SMILES string of the molecule is CCC1NC(C(C)C)N(C2CCCC(C)C2C)C1=O. The molecule has 3 nitrogen and oxygen atoms in total. The van der Waals surface area contributed by atoms with Crippen molar-refractivity contribution in [3.05, 3.63) is 0 Å². The first-order valence-corrected chi connectivity index (χ1v) is 8.05. The summed E-state index contributed by atoms with van der Waals surface area (Å²) in [6.45, 7) is 11.2. The molecule has 1 heterocycles. The molecule has 0 spiro atoms. The van der Waals surface area contributed by atoms with Gasteiger partial charge in [-0.25, -0.2) is 0 Å². The Bertz CT molecular complexity index is 329. The third-order valence-electron chi connectivity index (χ3n) is 5.29. The molecule has 0 aromatic carbocycles. The van der Waals surface area contributed by atoms with Crippen molar-refractivity contribution in [2.24, 2.45) is 17.8 Å². The third kappa shape index (κ3) is 2.67. The molecule has 5 unspecified atom stereocenters. The lowest BCUT2D eigenvalue weighted by Crippen LogP contribution is -2.52. The minimum absolute atomic E-state index is 0.0387. The Hall–Kier alpha value is -0.570. The van der Waals surface area contributed by atoms with E-state index < -0.39 is 0 Å². The van der Waals surface area contributed by atoms with Gasteiger partial charge in [-0.3, -0.25) is 10.1 Å². The normalized spacial score (nSPS) is 40.2. The second-order valence-electron chi connectivity index (χ2n) is 6.90. The smallest absolute Gasteiger partial charge is 0.241 e. The lowest BCUT2D eigenvalue weighted by Gasteiger charge is -2.43. The summed E-state index contributed by atoms with van der Waals surface area (Å²) in [7, 11) is 0. The zero-order valence-corrected chi connectivity index (χ0v) is 13.1.